The van der Waals surface area contributed by atoms with E-state index in [0.717, 1.165) is 4.57 Å². The molecule has 0 bridgehead atoms. The van der Waals surface area contributed by atoms with Gasteiger partial charge in [-0.2, -0.15) is 13.2 Å². The van der Waals surface area contributed by atoms with E-state index >= 15 is 0 Å². The van der Waals surface area contributed by atoms with Gasteiger partial charge in [-0.1, -0.05) is 11.3 Å². The zero-order valence-electron chi connectivity index (χ0n) is 9.55. The van der Waals surface area contributed by atoms with Crippen LogP contribution in [0.2, 0.25) is 0 Å². The molecule has 0 saturated heterocycles. The number of nitrogen functional groups attached to an aromatic ring is 1. The number of alkyl halides is 3. The smallest absolute Gasteiger partial charge is 0.389 e. The van der Waals surface area contributed by atoms with Crippen molar-refractivity contribution in [1.82, 2.24) is 19.7 Å². The van der Waals surface area contributed by atoms with Gasteiger partial charge in [0, 0.05) is 13.1 Å². The first kappa shape index (κ1) is 12.2. The van der Waals surface area contributed by atoms with E-state index in [9.17, 15) is 13.2 Å². The average Bonchev–Trinajstić information content (AvgIpc) is 2.92. The fourth-order valence-corrected chi connectivity index (χ4v) is 2.66. The van der Waals surface area contributed by atoms with Gasteiger partial charge in [0.1, 0.15) is 5.00 Å². The maximum Gasteiger partial charge on any atom is 0.451 e. The minimum atomic E-state index is -4.47. The number of nitrogens with zero attached hydrogens (tertiary/aromatic N) is 5. The molecule has 0 fully saturated rings. The highest BCUT2D eigenvalue weighted by molar-refractivity contribution is 7.19. The summed E-state index contributed by atoms with van der Waals surface area (Å²) in [5.74, 6) is -0.659. The fourth-order valence-electron chi connectivity index (χ4n) is 1.95. The monoisotopic (exact) mass is 290 g/mol. The molecule has 1 aliphatic heterocycles. The molecule has 102 valence electrons. The molecule has 0 saturated carbocycles. The van der Waals surface area contributed by atoms with Crippen LogP contribution in [0.3, 0.4) is 0 Å². The van der Waals surface area contributed by atoms with Crippen LogP contribution in [0.5, 0.6) is 0 Å². The maximum atomic E-state index is 12.7. The minimum Gasteiger partial charge on any atom is -0.389 e. The summed E-state index contributed by atoms with van der Waals surface area (Å²) in [5.41, 5.74) is 5.59. The SMILES string of the molecule is Nc1cnc(N2CCn3c(nnc3C(F)(F)F)C2)s1. The molecule has 10 heteroatoms. The van der Waals surface area contributed by atoms with Crippen molar-refractivity contribution in [2.24, 2.45) is 0 Å². The third-order valence-electron chi connectivity index (χ3n) is 2.79. The summed E-state index contributed by atoms with van der Waals surface area (Å²) in [6.45, 7) is 0.841. The van der Waals surface area contributed by atoms with Crippen LogP contribution in [0.1, 0.15) is 11.6 Å². The highest BCUT2D eigenvalue weighted by Crippen LogP contribution is 2.31. The van der Waals surface area contributed by atoms with Crippen molar-refractivity contribution in [2.75, 3.05) is 17.2 Å². The molecule has 0 atom stereocenters. The van der Waals surface area contributed by atoms with Gasteiger partial charge in [0.05, 0.1) is 12.7 Å². The molecule has 0 aromatic carbocycles. The molecule has 0 unspecified atom stereocenters. The predicted octanol–water partition coefficient (Wildman–Crippen LogP) is 1.36. The second kappa shape index (κ2) is 4.08. The summed E-state index contributed by atoms with van der Waals surface area (Å²) in [4.78, 5) is 5.95. The van der Waals surface area contributed by atoms with E-state index in [4.69, 9.17) is 5.73 Å². The summed E-state index contributed by atoms with van der Waals surface area (Å²) in [6.07, 6.45) is -2.94. The van der Waals surface area contributed by atoms with Gasteiger partial charge in [0.25, 0.3) is 0 Å². The molecule has 2 aromatic heterocycles. The Labute approximate surface area is 109 Å². The van der Waals surface area contributed by atoms with Gasteiger partial charge in [0.15, 0.2) is 11.0 Å². The van der Waals surface area contributed by atoms with Crippen molar-refractivity contribution in [3.05, 3.63) is 17.8 Å². The van der Waals surface area contributed by atoms with E-state index < -0.39 is 12.0 Å². The van der Waals surface area contributed by atoms with Crippen LogP contribution in [0.15, 0.2) is 6.20 Å². The van der Waals surface area contributed by atoms with E-state index in [-0.39, 0.29) is 18.9 Å². The van der Waals surface area contributed by atoms with Gasteiger partial charge < -0.3 is 15.2 Å². The van der Waals surface area contributed by atoms with E-state index in [1.807, 2.05) is 4.90 Å². The Bertz CT molecular complexity index is 603. The number of halogens is 3. The molecule has 6 nitrogen and oxygen atoms in total. The Hall–Kier alpha value is -1.84. The van der Waals surface area contributed by atoms with E-state index in [2.05, 4.69) is 15.2 Å². The zero-order valence-corrected chi connectivity index (χ0v) is 10.4. The number of hydrogen-bond acceptors (Lipinski definition) is 6. The number of fused-ring (bicyclic) bond motifs is 1. The van der Waals surface area contributed by atoms with Gasteiger partial charge >= 0.3 is 6.18 Å². The third kappa shape index (κ3) is 2.11. The Kier molecular flexibility index (Phi) is 2.62. The lowest BCUT2D eigenvalue weighted by Gasteiger charge is -2.27. The van der Waals surface area contributed by atoms with Crippen LogP contribution in [0.4, 0.5) is 23.3 Å². The van der Waals surface area contributed by atoms with Gasteiger partial charge in [-0.15, -0.1) is 10.2 Å². The Morgan fingerprint density at radius 3 is 2.68 bits per heavy atom. The lowest BCUT2D eigenvalue weighted by molar-refractivity contribution is -0.147. The molecule has 0 amide bonds. The van der Waals surface area contributed by atoms with Crippen molar-refractivity contribution >= 4 is 21.5 Å². The summed E-state index contributed by atoms with van der Waals surface area (Å²) >= 11 is 1.29. The number of rotatable bonds is 1. The summed E-state index contributed by atoms with van der Waals surface area (Å²) < 4.78 is 39.1. The zero-order chi connectivity index (χ0) is 13.6. The normalized spacial score (nSPS) is 15.6. The number of anilines is 2. The second-order valence-corrected chi connectivity index (χ2v) is 5.10. The van der Waals surface area contributed by atoms with Gasteiger partial charge in [-0.05, 0) is 0 Å². The molecule has 2 aromatic rings. The van der Waals surface area contributed by atoms with Crippen LogP contribution < -0.4 is 10.6 Å². The molecule has 3 heterocycles. The molecular weight excluding hydrogens is 281 g/mol. The number of thiazole rings is 1. The van der Waals surface area contributed by atoms with Crippen molar-refractivity contribution < 1.29 is 13.2 Å². The Morgan fingerprint density at radius 1 is 1.26 bits per heavy atom. The first-order chi connectivity index (χ1) is 8.95. The first-order valence-corrected chi connectivity index (χ1v) is 6.22. The van der Waals surface area contributed by atoms with Crippen LogP contribution in [0.25, 0.3) is 0 Å². The standard InChI is InChI=1S/C9H9F3N6S/c10-9(11,12)7-16-15-6-4-17(1-2-18(6)7)8-14-3-5(13)19-8/h3H,1-2,4,13H2. The van der Waals surface area contributed by atoms with Gasteiger partial charge in [-0.3, -0.25) is 0 Å². The number of nitrogens with two attached hydrogens (primary N) is 1. The van der Waals surface area contributed by atoms with Crippen LogP contribution in [-0.4, -0.2) is 26.3 Å². The first-order valence-electron chi connectivity index (χ1n) is 5.40. The van der Waals surface area contributed by atoms with Crippen molar-refractivity contribution in [3.8, 4) is 0 Å². The molecular formula is C9H9F3N6S. The molecule has 3 rings (SSSR count). The van der Waals surface area contributed by atoms with Crippen molar-refractivity contribution in [1.29, 1.82) is 0 Å². The largest absolute Gasteiger partial charge is 0.451 e. The maximum absolute atomic E-state index is 12.7. The lowest BCUT2D eigenvalue weighted by Crippen LogP contribution is -2.35. The summed E-state index contributed by atoms with van der Waals surface area (Å²) in [6, 6.07) is 0. The Balaban J connectivity index is 1.88. The molecule has 2 N–H and O–H groups in total. The van der Waals surface area contributed by atoms with E-state index in [1.54, 1.807) is 0 Å². The summed E-state index contributed by atoms with van der Waals surface area (Å²) in [7, 11) is 0. The predicted molar refractivity (Wildman–Crippen MR) is 62.6 cm³/mol. The fraction of sp³-hybridized carbons (Fsp3) is 0.444. The topological polar surface area (TPSA) is 72.9 Å². The highest BCUT2D eigenvalue weighted by Gasteiger charge is 2.39. The third-order valence-corrected chi connectivity index (χ3v) is 3.68. The van der Waals surface area contributed by atoms with Crippen LogP contribution in [0, 0.1) is 0 Å². The Morgan fingerprint density at radius 2 is 2.05 bits per heavy atom. The molecule has 19 heavy (non-hydrogen) atoms. The second-order valence-electron chi connectivity index (χ2n) is 4.06. The van der Waals surface area contributed by atoms with Gasteiger partial charge in [0.2, 0.25) is 5.82 Å². The summed E-state index contributed by atoms with van der Waals surface area (Å²) in [5, 5.41) is 8.07. The lowest BCUT2D eigenvalue weighted by atomic mass is 10.3. The van der Waals surface area contributed by atoms with E-state index in [1.165, 1.54) is 17.5 Å². The van der Waals surface area contributed by atoms with Crippen molar-refractivity contribution in [3.63, 3.8) is 0 Å². The quantitative estimate of drug-likeness (QED) is 0.858. The average molecular weight is 290 g/mol. The molecule has 0 spiro atoms. The van der Waals surface area contributed by atoms with Crippen LogP contribution in [-0.2, 0) is 19.3 Å². The van der Waals surface area contributed by atoms with E-state index in [0.29, 0.717) is 16.7 Å². The van der Waals surface area contributed by atoms with Crippen LogP contribution >= 0.6 is 11.3 Å². The minimum absolute atomic E-state index is 0.177. The number of aromatic nitrogens is 4. The van der Waals surface area contributed by atoms with Crippen molar-refractivity contribution in [2.45, 2.75) is 19.3 Å². The molecule has 0 radical (unpaired) electrons. The molecule has 1 aliphatic rings. The van der Waals surface area contributed by atoms with Gasteiger partial charge in [-0.25, -0.2) is 4.98 Å². The molecule has 0 aliphatic carbocycles. The number of hydrogen-bond donors (Lipinski definition) is 1. The highest BCUT2D eigenvalue weighted by atomic mass is 32.1.